The second-order valence-corrected chi connectivity index (χ2v) is 4.98. The molecular weight excluding hydrogens is 270 g/mol. The van der Waals surface area contributed by atoms with E-state index in [1.54, 1.807) is 0 Å². The van der Waals surface area contributed by atoms with E-state index in [9.17, 15) is 8.78 Å². The van der Waals surface area contributed by atoms with E-state index in [0.717, 1.165) is 16.8 Å². The Morgan fingerprint density at radius 1 is 1.21 bits per heavy atom. The molecule has 2 rings (SSSR count). The van der Waals surface area contributed by atoms with Gasteiger partial charge in [0.05, 0.1) is 6.04 Å². The number of aryl methyl sites for hydroxylation is 1. The van der Waals surface area contributed by atoms with E-state index in [2.05, 4.69) is 20.6 Å². The van der Waals surface area contributed by atoms with Crippen molar-refractivity contribution in [3.63, 3.8) is 0 Å². The van der Waals surface area contributed by atoms with Crippen LogP contribution in [0, 0.1) is 18.6 Å². The largest absolute Gasteiger partial charge is 0.371 e. The van der Waals surface area contributed by atoms with Crippen molar-refractivity contribution in [2.75, 3.05) is 17.7 Å². The van der Waals surface area contributed by atoms with Gasteiger partial charge >= 0.3 is 0 Å². The summed E-state index contributed by atoms with van der Waals surface area (Å²) in [6, 6.07) is 0.608. The van der Waals surface area contributed by atoms with E-state index < -0.39 is 11.6 Å². The van der Waals surface area contributed by atoms with Gasteiger partial charge in [-0.05, 0) is 13.8 Å². The molecule has 0 aromatic carbocycles. The van der Waals surface area contributed by atoms with Crippen molar-refractivity contribution < 1.29 is 8.78 Å². The second-order valence-electron chi connectivity index (χ2n) is 4.09. The minimum Gasteiger partial charge on any atom is -0.371 e. The van der Waals surface area contributed by atoms with Crippen LogP contribution in [-0.4, -0.2) is 17.0 Å². The summed E-state index contributed by atoms with van der Waals surface area (Å²) in [5, 5.41) is 8.22. The van der Waals surface area contributed by atoms with Gasteiger partial charge in [0.25, 0.3) is 0 Å². The van der Waals surface area contributed by atoms with Crippen molar-refractivity contribution in [1.82, 2.24) is 9.97 Å². The van der Waals surface area contributed by atoms with Crippen LogP contribution >= 0.6 is 11.3 Å². The number of halogens is 2. The molecule has 0 radical (unpaired) electrons. The average Bonchev–Trinajstić information content (AvgIpc) is 2.79. The van der Waals surface area contributed by atoms with Crippen molar-refractivity contribution in [1.29, 1.82) is 0 Å². The number of hydrogen-bond donors (Lipinski definition) is 2. The molecule has 0 bridgehead atoms. The maximum absolute atomic E-state index is 13.6. The van der Waals surface area contributed by atoms with Gasteiger partial charge in [0.15, 0.2) is 23.3 Å². The number of aromatic nitrogens is 2. The monoisotopic (exact) mass is 284 g/mol. The van der Waals surface area contributed by atoms with Gasteiger partial charge in [0.2, 0.25) is 0 Å². The Balaban J connectivity index is 2.23. The molecule has 4 nitrogen and oxygen atoms in total. The maximum atomic E-state index is 13.6. The standard InChI is InChI=1S/C12H14F2N4S/c1-6-5-19-12(16-6)7(2)17-11-9(14)4-8(13)10(15-3)18-11/h4-5,7H,1-3H3,(H2,15,17,18). The first-order valence-corrected chi connectivity index (χ1v) is 6.61. The quantitative estimate of drug-likeness (QED) is 0.904. The van der Waals surface area contributed by atoms with Gasteiger partial charge in [-0.1, -0.05) is 0 Å². The second kappa shape index (κ2) is 5.48. The van der Waals surface area contributed by atoms with Crippen LogP contribution in [0.5, 0.6) is 0 Å². The summed E-state index contributed by atoms with van der Waals surface area (Å²) in [7, 11) is 1.53. The van der Waals surface area contributed by atoms with E-state index in [4.69, 9.17) is 0 Å². The molecule has 0 aliphatic rings. The van der Waals surface area contributed by atoms with Crippen LogP contribution in [0.3, 0.4) is 0 Å². The highest BCUT2D eigenvalue weighted by Crippen LogP contribution is 2.25. The fraction of sp³-hybridized carbons (Fsp3) is 0.333. The molecule has 1 unspecified atom stereocenters. The molecule has 0 saturated heterocycles. The Morgan fingerprint density at radius 3 is 2.47 bits per heavy atom. The molecule has 7 heteroatoms. The lowest BCUT2D eigenvalue weighted by Crippen LogP contribution is -2.11. The SMILES string of the molecule is CNc1nc(NC(C)c2nc(C)cs2)c(F)cc1F. The van der Waals surface area contributed by atoms with Crippen LogP contribution in [0.4, 0.5) is 20.4 Å². The van der Waals surface area contributed by atoms with Crippen LogP contribution in [-0.2, 0) is 0 Å². The van der Waals surface area contributed by atoms with Crippen LogP contribution in [0.25, 0.3) is 0 Å². The highest BCUT2D eigenvalue weighted by Gasteiger charge is 2.15. The Hall–Kier alpha value is -1.76. The van der Waals surface area contributed by atoms with E-state index in [-0.39, 0.29) is 17.7 Å². The molecule has 0 amide bonds. The fourth-order valence-corrected chi connectivity index (χ4v) is 2.38. The van der Waals surface area contributed by atoms with Gasteiger partial charge in [0.1, 0.15) is 5.01 Å². The molecule has 2 N–H and O–H groups in total. The summed E-state index contributed by atoms with van der Waals surface area (Å²) in [5.41, 5.74) is 0.914. The molecule has 2 aromatic rings. The smallest absolute Gasteiger partial charge is 0.168 e. The summed E-state index contributed by atoms with van der Waals surface area (Å²) in [5.74, 6) is -1.43. The maximum Gasteiger partial charge on any atom is 0.168 e. The third-order valence-corrected chi connectivity index (χ3v) is 3.67. The highest BCUT2D eigenvalue weighted by atomic mass is 32.1. The van der Waals surface area contributed by atoms with Gasteiger partial charge in [-0.3, -0.25) is 0 Å². The number of pyridine rings is 1. The zero-order valence-corrected chi connectivity index (χ0v) is 11.6. The molecule has 0 aliphatic carbocycles. The molecule has 2 aromatic heterocycles. The Labute approximate surface area is 113 Å². The van der Waals surface area contributed by atoms with E-state index >= 15 is 0 Å². The molecule has 19 heavy (non-hydrogen) atoms. The lowest BCUT2D eigenvalue weighted by molar-refractivity contribution is 0.577. The third kappa shape index (κ3) is 2.98. The molecule has 0 fully saturated rings. The van der Waals surface area contributed by atoms with Crippen molar-refractivity contribution in [3.8, 4) is 0 Å². The molecule has 102 valence electrons. The van der Waals surface area contributed by atoms with Crippen LogP contribution in [0.2, 0.25) is 0 Å². The molecular formula is C12H14F2N4S. The molecule has 1 atom stereocenters. The van der Waals surface area contributed by atoms with Crippen LogP contribution in [0.1, 0.15) is 23.7 Å². The van der Waals surface area contributed by atoms with Crippen molar-refractivity contribution in [2.45, 2.75) is 19.9 Å². The first-order valence-electron chi connectivity index (χ1n) is 5.73. The zero-order chi connectivity index (χ0) is 14.0. The van der Waals surface area contributed by atoms with Gasteiger partial charge in [-0.2, -0.15) is 0 Å². The van der Waals surface area contributed by atoms with Gasteiger partial charge in [-0.25, -0.2) is 18.7 Å². The number of hydrogen-bond acceptors (Lipinski definition) is 5. The van der Waals surface area contributed by atoms with Crippen LogP contribution in [0.15, 0.2) is 11.4 Å². The molecule has 0 saturated carbocycles. The summed E-state index contributed by atoms with van der Waals surface area (Å²) in [4.78, 5) is 8.18. The number of thiazole rings is 1. The predicted octanol–water partition coefficient (Wildman–Crippen LogP) is 3.34. The Kier molecular flexibility index (Phi) is 3.94. The predicted molar refractivity (Wildman–Crippen MR) is 72.6 cm³/mol. The zero-order valence-electron chi connectivity index (χ0n) is 10.8. The first-order chi connectivity index (χ1) is 9.01. The molecule has 0 spiro atoms. The average molecular weight is 284 g/mol. The van der Waals surface area contributed by atoms with Gasteiger partial charge in [0, 0.05) is 24.2 Å². The minimum atomic E-state index is -0.725. The lowest BCUT2D eigenvalue weighted by Gasteiger charge is -2.14. The number of rotatable bonds is 4. The first kappa shape index (κ1) is 13.7. The summed E-state index contributed by atoms with van der Waals surface area (Å²) < 4.78 is 26.9. The van der Waals surface area contributed by atoms with Crippen molar-refractivity contribution in [3.05, 3.63) is 33.8 Å². The normalized spacial score (nSPS) is 12.3. The van der Waals surface area contributed by atoms with E-state index in [1.165, 1.54) is 18.4 Å². The fourth-order valence-electron chi connectivity index (χ4n) is 1.58. The summed E-state index contributed by atoms with van der Waals surface area (Å²) in [6.07, 6.45) is 0. The summed E-state index contributed by atoms with van der Waals surface area (Å²) in [6.45, 7) is 3.74. The highest BCUT2D eigenvalue weighted by molar-refractivity contribution is 7.09. The molecule has 0 aliphatic heterocycles. The Morgan fingerprint density at radius 2 is 1.89 bits per heavy atom. The minimum absolute atomic E-state index is 0.00565. The van der Waals surface area contributed by atoms with Gasteiger partial charge < -0.3 is 10.6 Å². The van der Waals surface area contributed by atoms with Crippen molar-refractivity contribution >= 4 is 23.0 Å². The third-order valence-electron chi connectivity index (χ3n) is 2.53. The van der Waals surface area contributed by atoms with Gasteiger partial charge in [-0.15, -0.1) is 11.3 Å². The van der Waals surface area contributed by atoms with Crippen LogP contribution < -0.4 is 10.6 Å². The lowest BCUT2D eigenvalue weighted by atomic mass is 10.3. The summed E-state index contributed by atoms with van der Waals surface area (Å²) >= 11 is 1.48. The number of nitrogens with zero attached hydrogens (tertiary/aromatic N) is 2. The van der Waals surface area contributed by atoms with E-state index in [0.29, 0.717) is 0 Å². The molecule has 2 heterocycles. The Bertz CT molecular complexity index is 585. The number of nitrogens with one attached hydrogen (secondary N) is 2. The van der Waals surface area contributed by atoms with E-state index in [1.807, 2.05) is 19.2 Å². The topological polar surface area (TPSA) is 49.8 Å². The number of anilines is 2. The van der Waals surface area contributed by atoms with Crippen molar-refractivity contribution in [2.24, 2.45) is 0 Å².